The van der Waals surface area contributed by atoms with Gasteiger partial charge in [0.1, 0.15) is 0 Å². The summed E-state index contributed by atoms with van der Waals surface area (Å²) in [5.74, 6) is -6.11. The number of carboxylic acid groups (broad SMARTS) is 6. The first-order valence-corrected chi connectivity index (χ1v) is 13.6. The molecule has 232 valence electrons. The predicted molar refractivity (Wildman–Crippen MR) is 139 cm³/mol. The molecule has 12 nitrogen and oxygen atoms in total. The monoisotopic (exact) mass is 800 g/mol. The van der Waals surface area contributed by atoms with E-state index in [0.29, 0.717) is 38.5 Å². The second-order valence-corrected chi connectivity index (χ2v) is 9.04. The van der Waals surface area contributed by atoms with Crippen LogP contribution >= 0.6 is 0 Å². The van der Waals surface area contributed by atoms with Crippen LogP contribution in [0.5, 0.6) is 0 Å². The van der Waals surface area contributed by atoms with Crippen LogP contribution in [0.15, 0.2) is 0 Å². The molecule has 0 aliphatic rings. The minimum Gasteiger partial charge on any atom is -0.550 e. The van der Waals surface area contributed by atoms with Gasteiger partial charge in [-0.3, -0.25) is 0 Å². The molecule has 0 aliphatic carbocycles. The van der Waals surface area contributed by atoms with Crippen molar-refractivity contribution in [3.8, 4) is 0 Å². The predicted octanol–water partition coefficient (Wildman–Crippen LogP) is -3.11. The SMILES string of the molecule is O=C([O-])CCCCCCCC(=O)[O-].O=C([O-])CCCCCCCC(=O)[O-].O=C([O-])CCCCCCCC(=O)[O-].[Sb+3].[Sb+3]. The molecular weight excluding hydrogens is 760 g/mol. The number of hydrogen-bond donors (Lipinski definition) is 0. The minimum atomic E-state index is -1.02. The number of carbonyl (C=O) groups excluding carboxylic acids is 6. The van der Waals surface area contributed by atoms with Crippen LogP contribution in [0.25, 0.3) is 0 Å². The van der Waals surface area contributed by atoms with Gasteiger partial charge in [-0.05, 0) is 77.0 Å². The molecule has 0 saturated heterocycles. The zero-order valence-corrected chi connectivity index (χ0v) is 28.7. The van der Waals surface area contributed by atoms with Crippen molar-refractivity contribution >= 4 is 84.7 Å². The van der Waals surface area contributed by atoms with Crippen LogP contribution in [0, 0.1) is 0 Å². The van der Waals surface area contributed by atoms with Crippen LogP contribution in [0.1, 0.15) is 135 Å². The molecule has 0 atom stereocenters. The van der Waals surface area contributed by atoms with Crippen LogP contribution in [-0.4, -0.2) is 84.7 Å². The van der Waals surface area contributed by atoms with Gasteiger partial charge >= 0.3 is 48.9 Å². The molecule has 0 N–H and O–H groups in total. The molecule has 0 rings (SSSR count). The zero-order valence-electron chi connectivity index (χ0n) is 23.6. The van der Waals surface area contributed by atoms with Gasteiger partial charge in [-0.2, -0.15) is 0 Å². The van der Waals surface area contributed by atoms with E-state index in [4.69, 9.17) is 0 Å². The fourth-order valence-corrected chi connectivity index (χ4v) is 3.21. The smallest absolute Gasteiger partial charge is 0.550 e. The summed E-state index contributed by atoms with van der Waals surface area (Å²) in [7, 11) is 0. The van der Waals surface area contributed by atoms with E-state index in [2.05, 4.69) is 0 Å². The van der Waals surface area contributed by atoms with Crippen molar-refractivity contribution in [3.63, 3.8) is 0 Å². The molecule has 0 bridgehead atoms. The minimum absolute atomic E-state index is 0. The van der Waals surface area contributed by atoms with Gasteiger partial charge < -0.3 is 59.4 Å². The van der Waals surface area contributed by atoms with E-state index in [9.17, 15) is 59.4 Å². The number of rotatable bonds is 24. The van der Waals surface area contributed by atoms with Crippen LogP contribution in [0.2, 0.25) is 0 Å². The Bertz CT molecular complexity index is 543. The van der Waals surface area contributed by atoms with E-state index in [0.717, 1.165) is 57.8 Å². The molecule has 0 aromatic carbocycles. The number of carboxylic acids is 6. The fourth-order valence-electron chi connectivity index (χ4n) is 3.21. The Labute approximate surface area is 277 Å². The molecule has 4 radical (unpaired) electrons. The summed E-state index contributed by atoms with van der Waals surface area (Å²) < 4.78 is 0. The third-order valence-corrected chi connectivity index (χ3v) is 5.29. The molecule has 0 fully saturated rings. The second-order valence-electron chi connectivity index (χ2n) is 9.04. The Kier molecular flexibility index (Phi) is 46.1. The molecule has 0 aromatic heterocycles. The quantitative estimate of drug-likeness (QED) is 0.0696. The average molecular weight is 802 g/mol. The summed E-state index contributed by atoms with van der Waals surface area (Å²) in [6.07, 6.45) is 11.8. The summed E-state index contributed by atoms with van der Waals surface area (Å²) in [5.41, 5.74) is 0. The molecule has 0 spiro atoms. The van der Waals surface area contributed by atoms with Gasteiger partial charge in [-0.15, -0.1) is 0 Å². The summed E-state index contributed by atoms with van der Waals surface area (Å²) in [6, 6.07) is 0. The zero-order chi connectivity index (χ0) is 30.3. The summed E-state index contributed by atoms with van der Waals surface area (Å²) >= 11 is 0. The number of carbonyl (C=O) groups is 6. The van der Waals surface area contributed by atoms with Crippen molar-refractivity contribution in [2.24, 2.45) is 0 Å². The van der Waals surface area contributed by atoms with E-state index in [1.807, 2.05) is 0 Å². The molecule has 0 saturated carbocycles. The number of unbranched alkanes of at least 4 members (excludes halogenated alkanes) is 12. The summed E-state index contributed by atoms with van der Waals surface area (Å²) in [6.45, 7) is 0. The maximum absolute atomic E-state index is 9.98. The van der Waals surface area contributed by atoms with E-state index in [1.54, 1.807) is 0 Å². The van der Waals surface area contributed by atoms with E-state index >= 15 is 0 Å². The van der Waals surface area contributed by atoms with Crippen molar-refractivity contribution in [2.45, 2.75) is 135 Å². The first-order chi connectivity index (χ1) is 18.4. The normalized spacial score (nSPS) is 9.37. The van der Waals surface area contributed by atoms with Crippen LogP contribution in [0.4, 0.5) is 0 Å². The van der Waals surface area contributed by atoms with Crippen LogP contribution in [0.3, 0.4) is 0 Å². The van der Waals surface area contributed by atoms with Gasteiger partial charge in [-0.25, -0.2) is 0 Å². The molecule has 0 unspecified atom stereocenters. The Morgan fingerprint density at radius 1 is 0.244 bits per heavy atom. The van der Waals surface area contributed by atoms with Crippen molar-refractivity contribution in [3.05, 3.63) is 0 Å². The second kappa shape index (κ2) is 38.5. The molecule has 0 heterocycles. The number of aliphatic carboxylic acids is 6. The van der Waals surface area contributed by atoms with Gasteiger partial charge in [0.15, 0.2) is 0 Å². The first-order valence-electron chi connectivity index (χ1n) is 13.6. The average Bonchev–Trinajstić information content (AvgIpc) is 2.82. The van der Waals surface area contributed by atoms with Crippen LogP contribution < -0.4 is 30.6 Å². The van der Waals surface area contributed by atoms with Crippen molar-refractivity contribution < 1.29 is 59.4 Å². The maximum atomic E-state index is 9.98. The molecule has 41 heavy (non-hydrogen) atoms. The Morgan fingerprint density at radius 2 is 0.341 bits per heavy atom. The molecule has 0 aromatic rings. The molecule has 0 aliphatic heterocycles. The third kappa shape index (κ3) is 63.1. The Hall–Kier alpha value is -1.54. The molecule has 0 amide bonds. The number of hydrogen-bond acceptors (Lipinski definition) is 12. The van der Waals surface area contributed by atoms with Gasteiger partial charge in [0.05, 0.1) is 0 Å². The summed E-state index contributed by atoms with van der Waals surface area (Å²) in [5, 5.41) is 59.9. The molecular formula is C27H42O12Sb2. The topological polar surface area (TPSA) is 241 Å². The van der Waals surface area contributed by atoms with Gasteiger partial charge in [0.25, 0.3) is 0 Å². The molecule has 14 heteroatoms. The fraction of sp³-hybridized carbons (Fsp3) is 0.778. The Morgan fingerprint density at radius 3 is 0.439 bits per heavy atom. The van der Waals surface area contributed by atoms with Gasteiger partial charge in [-0.1, -0.05) is 57.8 Å². The van der Waals surface area contributed by atoms with Crippen molar-refractivity contribution in [1.29, 1.82) is 0 Å². The maximum Gasteiger partial charge on any atom is 3.00 e. The van der Waals surface area contributed by atoms with E-state index < -0.39 is 35.8 Å². The van der Waals surface area contributed by atoms with E-state index in [1.165, 1.54) is 0 Å². The van der Waals surface area contributed by atoms with Crippen molar-refractivity contribution in [2.75, 3.05) is 0 Å². The van der Waals surface area contributed by atoms with Gasteiger partial charge in [0, 0.05) is 35.8 Å². The largest absolute Gasteiger partial charge is 3.00 e. The van der Waals surface area contributed by atoms with Gasteiger partial charge in [0.2, 0.25) is 0 Å². The summed E-state index contributed by atoms with van der Waals surface area (Å²) in [4.78, 5) is 59.9. The Balaban J connectivity index is -0.000000154. The van der Waals surface area contributed by atoms with E-state index in [-0.39, 0.29) is 87.4 Å². The standard InChI is InChI=1S/3C9H16O4.2Sb/c3*10-8(11)6-4-2-1-3-5-7-9(12)13;;/h3*1-7H2,(H,10,11)(H,12,13);;/q;;;2*+3/p-6. The van der Waals surface area contributed by atoms with Crippen LogP contribution in [-0.2, 0) is 28.8 Å². The first kappa shape index (κ1) is 49.1. The van der Waals surface area contributed by atoms with Crippen molar-refractivity contribution in [1.82, 2.24) is 0 Å². The third-order valence-electron chi connectivity index (χ3n) is 5.29.